The maximum absolute atomic E-state index is 13.1. The molecular formula is C22H33N5O2S. The quantitative estimate of drug-likeness (QED) is 0.598. The summed E-state index contributed by atoms with van der Waals surface area (Å²) in [6, 6.07) is 10.6. The van der Waals surface area contributed by atoms with Crippen LogP contribution in [0.3, 0.4) is 0 Å². The van der Waals surface area contributed by atoms with Gasteiger partial charge in [0.15, 0.2) is 5.16 Å². The molecule has 3 rings (SSSR count). The van der Waals surface area contributed by atoms with E-state index in [1.54, 1.807) is 0 Å². The summed E-state index contributed by atoms with van der Waals surface area (Å²) in [4.78, 5) is 17.3. The van der Waals surface area contributed by atoms with Crippen molar-refractivity contribution in [2.24, 2.45) is 0 Å². The van der Waals surface area contributed by atoms with Crippen LogP contribution in [0.1, 0.15) is 40.2 Å². The van der Waals surface area contributed by atoms with Crippen LogP contribution in [0.4, 0.5) is 5.95 Å². The van der Waals surface area contributed by atoms with Crippen molar-refractivity contribution in [1.82, 2.24) is 19.7 Å². The number of nitrogens with zero attached hydrogens (tertiary/aromatic N) is 5. The largest absolute Gasteiger partial charge is 0.378 e. The molecule has 8 heteroatoms. The summed E-state index contributed by atoms with van der Waals surface area (Å²) in [7, 11) is 0. The lowest BCUT2D eigenvalue weighted by atomic mass is 10.2. The molecule has 1 saturated heterocycles. The highest BCUT2D eigenvalue weighted by molar-refractivity contribution is 8.00. The number of aromatic nitrogens is 3. The van der Waals surface area contributed by atoms with E-state index in [1.807, 2.05) is 30.0 Å². The van der Waals surface area contributed by atoms with Gasteiger partial charge >= 0.3 is 0 Å². The van der Waals surface area contributed by atoms with E-state index in [4.69, 9.17) is 4.74 Å². The van der Waals surface area contributed by atoms with E-state index in [1.165, 1.54) is 17.3 Å². The van der Waals surface area contributed by atoms with Gasteiger partial charge in [0.2, 0.25) is 11.9 Å². The minimum atomic E-state index is -0.244. The number of hydrogen-bond acceptors (Lipinski definition) is 6. The summed E-state index contributed by atoms with van der Waals surface area (Å²) in [5.41, 5.74) is 1.18. The Morgan fingerprint density at radius 1 is 1.07 bits per heavy atom. The van der Waals surface area contributed by atoms with Gasteiger partial charge in [-0.3, -0.25) is 9.36 Å². The lowest BCUT2D eigenvalue weighted by molar-refractivity contribution is -0.133. The molecule has 0 radical (unpaired) electrons. The van der Waals surface area contributed by atoms with Crippen molar-refractivity contribution in [1.29, 1.82) is 0 Å². The summed E-state index contributed by atoms with van der Waals surface area (Å²) < 4.78 is 7.63. The van der Waals surface area contributed by atoms with Crippen LogP contribution in [0.2, 0.25) is 0 Å². The Balaban J connectivity index is 1.86. The number of carbonyl (C=O) groups is 1. The molecule has 0 N–H and O–H groups in total. The third-order valence-electron chi connectivity index (χ3n) is 5.17. The lowest BCUT2D eigenvalue weighted by Crippen LogP contribution is -2.45. The molecule has 1 aromatic carbocycles. The predicted molar refractivity (Wildman–Crippen MR) is 121 cm³/mol. The number of anilines is 1. The molecule has 0 bridgehead atoms. The fraction of sp³-hybridized carbons (Fsp3) is 0.591. The average molecular weight is 432 g/mol. The smallest absolute Gasteiger partial charge is 0.236 e. The maximum Gasteiger partial charge on any atom is 0.236 e. The third kappa shape index (κ3) is 5.35. The number of thioether (sulfide) groups is 1. The second kappa shape index (κ2) is 10.3. The second-order valence-electron chi connectivity index (χ2n) is 8.15. The van der Waals surface area contributed by atoms with Crippen LogP contribution >= 0.6 is 11.8 Å². The number of carbonyl (C=O) groups excluding carboxylic acids is 1. The molecule has 2 heterocycles. The molecule has 164 valence electrons. The second-order valence-corrected chi connectivity index (χ2v) is 9.45. The highest BCUT2D eigenvalue weighted by Crippen LogP contribution is 2.28. The molecule has 1 aromatic heterocycles. The number of amides is 1. The van der Waals surface area contributed by atoms with Crippen molar-refractivity contribution < 1.29 is 9.53 Å². The van der Waals surface area contributed by atoms with Crippen molar-refractivity contribution in [3.63, 3.8) is 0 Å². The Bertz CT molecular complexity index is 810. The van der Waals surface area contributed by atoms with Gasteiger partial charge < -0.3 is 14.5 Å². The minimum Gasteiger partial charge on any atom is -0.378 e. The predicted octanol–water partition coefficient (Wildman–Crippen LogP) is 3.29. The zero-order valence-electron chi connectivity index (χ0n) is 18.6. The normalized spacial score (nSPS) is 15.6. The Hall–Kier alpha value is -2.06. The molecule has 7 nitrogen and oxygen atoms in total. The Kier molecular flexibility index (Phi) is 7.77. The first-order valence-corrected chi connectivity index (χ1v) is 11.5. The summed E-state index contributed by atoms with van der Waals surface area (Å²) in [5, 5.41) is 9.51. The number of morpholine rings is 1. The topological polar surface area (TPSA) is 63.5 Å². The zero-order chi connectivity index (χ0) is 21.7. The monoisotopic (exact) mass is 431 g/mol. The van der Waals surface area contributed by atoms with Crippen LogP contribution in [-0.2, 0) is 16.1 Å². The van der Waals surface area contributed by atoms with Gasteiger partial charge in [-0.05, 0) is 40.2 Å². The van der Waals surface area contributed by atoms with E-state index in [-0.39, 0.29) is 23.2 Å². The zero-order valence-corrected chi connectivity index (χ0v) is 19.4. The van der Waals surface area contributed by atoms with Gasteiger partial charge in [0.25, 0.3) is 0 Å². The molecular weight excluding hydrogens is 398 g/mol. The Morgan fingerprint density at radius 3 is 2.30 bits per heavy atom. The molecule has 0 saturated carbocycles. The number of benzene rings is 1. The highest BCUT2D eigenvalue weighted by atomic mass is 32.2. The van der Waals surface area contributed by atoms with Crippen molar-refractivity contribution in [2.45, 2.75) is 63.7 Å². The van der Waals surface area contributed by atoms with Crippen LogP contribution < -0.4 is 4.90 Å². The first kappa shape index (κ1) is 22.6. The summed E-state index contributed by atoms with van der Waals surface area (Å²) in [6.45, 7) is 13.8. The SMILES string of the molecule is CC(C)N(C(=O)[C@H](C)Sc1nnc(N2CCOCC2)n1Cc1ccccc1)C(C)C. The van der Waals surface area contributed by atoms with E-state index in [0.717, 1.165) is 24.2 Å². The van der Waals surface area contributed by atoms with Crippen molar-refractivity contribution in [3.8, 4) is 0 Å². The van der Waals surface area contributed by atoms with Crippen molar-refractivity contribution >= 4 is 23.6 Å². The minimum absolute atomic E-state index is 0.132. The molecule has 2 aromatic rings. The van der Waals surface area contributed by atoms with Gasteiger partial charge in [-0.25, -0.2) is 0 Å². The van der Waals surface area contributed by atoms with Crippen LogP contribution in [0, 0.1) is 0 Å². The summed E-state index contributed by atoms with van der Waals surface area (Å²) in [5.74, 6) is 0.973. The van der Waals surface area contributed by atoms with Gasteiger partial charge in [-0.1, -0.05) is 42.1 Å². The van der Waals surface area contributed by atoms with Crippen LogP contribution in [0.15, 0.2) is 35.5 Å². The lowest BCUT2D eigenvalue weighted by Gasteiger charge is -2.33. The molecule has 0 unspecified atom stereocenters. The number of hydrogen-bond donors (Lipinski definition) is 0. The van der Waals surface area contributed by atoms with Gasteiger partial charge in [0.1, 0.15) is 0 Å². The Morgan fingerprint density at radius 2 is 1.70 bits per heavy atom. The van der Waals surface area contributed by atoms with E-state index < -0.39 is 0 Å². The molecule has 30 heavy (non-hydrogen) atoms. The van der Waals surface area contributed by atoms with Crippen LogP contribution in [0.25, 0.3) is 0 Å². The summed E-state index contributed by atoms with van der Waals surface area (Å²) in [6.07, 6.45) is 0. The molecule has 0 spiro atoms. The molecule has 1 aliphatic heterocycles. The van der Waals surface area contributed by atoms with E-state index >= 15 is 0 Å². The van der Waals surface area contributed by atoms with Crippen molar-refractivity contribution in [2.75, 3.05) is 31.2 Å². The molecule has 1 fully saturated rings. The fourth-order valence-corrected chi connectivity index (χ4v) is 4.69. The first-order chi connectivity index (χ1) is 14.4. The Labute approximate surface area is 183 Å². The third-order valence-corrected chi connectivity index (χ3v) is 6.24. The van der Waals surface area contributed by atoms with Gasteiger partial charge in [-0.2, -0.15) is 0 Å². The molecule has 1 atom stereocenters. The molecule has 1 aliphatic rings. The fourth-order valence-electron chi connectivity index (χ4n) is 3.79. The summed E-state index contributed by atoms with van der Waals surface area (Å²) >= 11 is 1.49. The number of ether oxygens (including phenoxy) is 1. The standard InChI is InChI=1S/C22H33N5O2S/c1-16(2)27(17(3)4)20(28)18(5)30-22-24-23-21(25-11-13-29-14-12-25)26(22)15-19-9-7-6-8-10-19/h6-10,16-18H,11-15H2,1-5H3/t18-/m0/s1. The average Bonchev–Trinajstić information content (AvgIpc) is 3.11. The molecule has 1 amide bonds. The van der Waals surface area contributed by atoms with E-state index in [0.29, 0.717) is 19.8 Å². The van der Waals surface area contributed by atoms with E-state index in [2.05, 4.69) is 59.5 Å². The van der Waals surface area contributed by atoms with Gasteiger partial charge in [-0.15, -0.1) is 10.2 Å². The van der Waals surface area contributed by atoms with Crippen LogP contribution in [0.5, 0.6) is 0 Å². The van der Waals surface area contributed by atoms with E-state index in [9.17, 15) is 4.79 Å². The van der Waals surface area contributed by atoms with Crippen LogP contribution in [-0.4, -0.2) is 69.2 Å². The van der Waals surface area contributed by atoms with Gasteiger partial charge in [0.05, 0.1) is 25.0 Å². The highest BCUT2D eigenvalue weighted by Gasteiger charge is 2.28. The number of rotatable bonds is 8. The van der Waals surface area contributed by atoms with Crippen molar-refractivity contribution in [3.05, 3.63) is 35.9 Å². The van der Waals surface area contributed by atoms with Gasteiger partial charge in [0, 0.05) is 25.2 Å². The first-order valence-electron chi connectivity index (χ1n) is 10.7. The maximum atomic E-state index is 13.1. The molecule has 0 aliphatic carbocycles.